The molecule has 1 aromatic heterocycles. The molecule has 1 fully saturated rings. The standard InChI is InChI=1S/C18H20N2O2/c21-17(22)18(15-4-2-1-3-5-15)8-6-14(7-9-18)12-16-13-19-10-11-20-16/h1-5,10-11,13-14H,6-9,12H2,(H,21,22). The molecule has 22 heavy (non-hydrogen) atoms. The Labute approximate surface area is 130 Å². The predicted molar refractivity (Wildman–Crippen MR) is 83.4 cm³/mol. The Balaban J connectivity index is 1.72. The number of aliphatic carboxylic acids is 1. The second-order valence-corrected chi connectivity index (χ2v) is 6.10. The molecule has 3 rings (SSSR count). The molecule has 1 N–H and O–H groups in total. The van der Waals surface area contributed by atoms with Crippen LogP contribution >= 0.6 is 0 Å². The van der Waals surface area contributed by atoms with Crippen molar-refractivity contribution in [3.05, 3.63) is 60.2 Å². The molecule has 4 nitrogen and oxygen atoms in total. The molecule has 0 radical (unpaired) electrons. The van der Waals surface area contributed by atoms with Gasteiger partial charge in [-0.1, -0.05) is 30.3 Å². The number of benzene rings is 1. The minimum absolute atomic E-state index is 0.493. The Hall–Kier alpha value is -2.23. The van der Waals surface area contributed by atoms with Crippen LogP contribution in [0.25, 0.3) is 0 Å². The number of carboxylic acid groups (broad SMARTS) is 1. The van der Waals surface area contributed by atoms with Gasteiger partial charge in [0.15, 0.2) is 0 Å². The normalized spacial score (nSPS) is 24.8. The lowest BCUT2D eigenvalue weighted by molar-refractivity contribution is -0.145. The number of aromatic nitrogens is 2. The molecule has 114 valence electrons. The Morgan fingerprint density at radius 3 is 2.50 bits per heavy atom. The van der Waals surface area contributed by atoms with Gasteiger partial charge in [-0.3, -0.25) is 14.8 Å². The summed E-state index contributed by atoms with van der Waals surface area (Å²) in [5.74, 6) is -0.204. The summed E-state index contributed by atoms with van der Waals surface area (Å²) in [6.07, 6.45) is 9.29. The lowest BCUT2D eigenvalue weighted by atomic mass is 9.66. The fourth-order valence-corrected chi connectivity index (χ4v) is 3.49. The van der Waals surface area contributed by atoms with E-state index < -0.39 is 11.4 Å². The van der Waals surface area contributed by atoms with Crippen LogP contribution in [0, 0.1) is 5.92 Å². The third-order valence-electron chi connectivity index (χ3n) is 4.81. The lowest BCUT2D eigenvalue weighted by Gasteiger charge is -2.37. The Morgan fingerprint density at radius 1 is 1.18 bits per heavy atom. The van der Waals surface area contributed by atoms with Gasteiger partial charge in [0, 0.05) is 18.6 Å². The fourth-order valence-electron chi connectivity index (χ4n) is 3.49. The molecular weight excluding hydrogens is 276 g/mol. The maximum absolute atomic E-state index is 11.9. The number of hydrogen-bond donors (Lipinski definition) is 1. The summed E-state index contributed by atoms with van der Waals surface area (Å²) in [7, 11) is 0. The van der Waals surface area contributed by atoms with E-state index in [0.717, 1.165) is 30.5 Å². The molecule has 0 atom stereocenters. The largest absolute Gasteiger partial charge is 0.481 e. The molecule has 0 spiro atoms. The second-order valence-electron chi connectivity index (χ2n) is 6.10. The molecule has 0 amide bonds. The van der Waals surface area contributed by atoms with Crippen LogP contribution in [0.3, 0.4) is 0 Å². The number of carboxylic acids is 1. The van der Waals surface area contributed by atoms with Gasteiger partial charge in [-0.2, -0.15) is 0 Å². The highest BCUT2D eigenvalue weighted by molar-refractivity contribution is 5.81. The zero-order valence-corrected chi connectivity index (χ0v) is 12.5. The summed E-state index contributed by atoms with van der Waals surface area (Å²) in [5.41, 5.74) is 1.20. The molecule has 1 aromatic carbocycles. The van der Waals surface area contributed by atoms with Crippen LogP contribution in [0.2, 0.25) is 0 Å². The maximum atomic E-state index is 11.9. The van der Waals surface area contributed by atoms with Gasteiger partial charge in [0.1, 0.15) is 0 Å². The number of rotatable bonds is 4. The van der Waals surface area contributed by atoms with E-state index >= 15 is 0 Å². The molecule has 1 aliphatic rings. The first-order chi connectivity index (χ1) is 10.7. The van der Waals surface area contributed by atoms with Gasteiger partial charge in [0.2, 0.25) is 0 Å². The van der Waals surface area contributed by atoms with Gasteiger partial charge in [0.25, 0.3) is 0 Å². The quantitative estimate of drug-likeness (QED) is 0.941. The third-order valence-corrected chi connectivity index (χ3v) is 4.81. The van der Waals surface area contributed by atoms with Crippen molar-refractivity contribution in [2.24, 2.45) is 5.92 Å². The van der Waals surface area contributed by atoms with Crippen molar-refractivity contribution in [3.63, 3.8) is 0 Å². The highest BCUT2D eigenvalue weighted by Crippen LogP contribution is 2.42. The van der Waals surface area contributed by atoms with E-state index in [9.17, 15) is 9.90 Å². The molecule has 1 heterocycles. The van der Waals surface area contributed by atoms with E-state index in [0.29, 0.717) is 18.8 Å². The average Bonchev–Trinajstić information content (AvgIpc) is 2.57. The average molecular weight is 296 g/mol. The fraction of sp³-hybridized carbons (Fsp3) is 0.389. The van der Waals surface area contributed by atoms with Crippen molar-refractivity contribution < 1.29 is 9.90 Å². The van der Waals surface area contributed by atoms with Crippen LogP contribution in [-0.4, -0.2) is 21.0 Å². The minimum Gasteiger partial charge on any atom is -0.481 e. The molecule has 4 heteroatoms. The smallest absolute Gasteiger partial charge is 0.314 e. The van der Waals surface area contributed by atoms with E-state index in [1.807, 2.05) is 30.3 Å². The van der Waals surface area contributed by atoms with Crippen molar-refractivity contribution in [2.75, 3.05) is 0 Å². The SMILES string of the molecule is O=C(O)C1(c2ccccc2)CCC(Cc2cnccn2)CC1. The molecule has 0 bridgehead atoms. The van der Waals surface area contributed by atoms with Crippen LogP contribution in [0.15, 0.2) is 48.9 Å². The van der Waals surface area contributed by atoms with Gasteiger partial charge in [-0.15, -0.1) is 0 Å². The summed E-state index contributed by atoms with van der Waals surface area (Å²) in [4.78, 5) is 20.3. The van der Waals surface area contributed by atoms with Crippen molar-refractivity contribution >= 4 is 5.97 Å². The van der Waals surface area contributed by atoms with Gasteiger partial charge in [-0.25, -0.2) is 0 Å². The molecule has 1 saturated carbocycles. The first kappa shape index (κ1) is 14.7. The van der Waals surface area contributed by atoms with Crippen LogP contribution < -0.4 is 0 Å². The summed E-state index contributed by atoms with van der Waals surface area (Å²) in [6, 6.07) is 9.66. The predicted octanol–water partition coefficient (Wildman–Crippen LogP) is 3.23. The zero-order chi connectivity index (χ0) is 15.4. The summed E-state index contributed by atoms with van der Waals surface area (Å²) in [5, 5.41) is 9.80. The Bertz CT molecular complexity index is 620. The molecule has 1 aliphatic carbocycles. The van der Waals surface area contributed by atoms with Crippen LogP contribution in [0.5, 0.6) is 0 Å². The van der Waals surface area contributed by atoms with Crippen LogP contribution in [-0.2, 0) is 16.6 Å². The van der Waals surface area contributed by atoms with Crippen LogP contribution in [0.1, 0.15) is 36.9 Å². The highest BCUT2D eigenvalue weighted by atomic mass is 16.4. The Kier molecular flexibility index (Phi) is 4.18. The molecular formula is C18H20N2O2. The van der Waals surface area contributed by atoms with E-state index in [2.05, 4.69) is 9.97 Å². The van der Waals surface area contributed by atoms with Gasteiger partial charge < -0.3 is 5.11 Å². The van der Waals surface area contributed by atoms with Gasteiger partial charge in [0.05, 0.1) is 11.1 Å². The molecule has 2 aromatic rings. The molecule has 0 aliphatic heterocycles. The van der Waals surface area contributed by atoms with Gasteiger partial charge in [-0.05, 0) is 43.6 Å². The number of nitrogens with zero attached hydrogens (tertiary/aromatic N) is 2. The topological polar surface area (TPSA) is 63.1 Å². The van der Waals surface area contributed by atoms with Crippen molar-refractivity contribution in [1.29, 1.82) is 0 Å². The number of carbonyl (C=O) groups is 1. The summed E-state index contributed by atoms with van der Waals surface area (Å²) in [6.45, 7) is 0. The number of hydrogen-bond acceptors (Lipinski definition) is 3. The van der Waals surface area contributed by atoms with Crippen molar-refractivity contribution in [2.45, 2.75) is 37.5 Å². The highest BCUT2D eigenvalue weighted by Gasteiger charge is 2.43. The minimum atomic E-state index is -0.722. The summed E-state index contributed by atoms with van der Waals surface area (Å²) >= 11 is 0. The molecule has 0 saturated heterocycles. The van der Waals surface area contributed by atoms with E-state index in [4.69, 9.17) is 0 Å². The van der Waals surface area contributed by atoms with Gasteiger partial charge >= 0.3 is 5.97 Å². The third kappa shape index (κ3) is 2.86. The maximum Gasteiger partial charge on any atom is 0.314 e. The monoisotopic (exact) mass is 296 g/mol. The van der Waals surface area contributed by atoms with E-state index in [1.165, 1.54) is 0 Å². The van der Waals surface area contributed by atoms with Crippen molar-refractivity contribution in [3.8, 4) is 0 Å². The summed E-state index contributed by atoms with van der Waals surface area (Å²) < 4.78 is 0. The van der Waals surface area contributed by atoms with E-state index in [1.54, 1.807) is 18.6 Å². The lowest BCUT2D eigenvalue weighted by Crippen LogP contribution is -2.40. The first-order valence-corrected chi connectivity index (χ1v) is 7.74. The second kappa shape index (κ2) is 6.26. The van der Waals surface area contributed by atoms with Crippen molar-refractivity contribution in [1.82, 2.24) is 9.97 Å². The zero-order valence-electron chi connectivity index (χ0n) is 12.5. The molecule has 0 unspecified atom stereocenters. The van der Waals surface area contributed by atoms with E-state index in [-0.39, 0.29) is 0 Å². The van der Waals surface area contributed by atoms with Crippen LogP contribution in [0.4, 0.5) is 0 Å². The first-order valence-electron chi connectivity index (χ1n) is 7.74. The Morgan fingerprint density at radius 2 is 1.91 bits per heavy atom.